The molecule has 0 radical (unpaired) electrons. The van der Waals surface area contributed by atoms with Gasteiger partial charge in [0.25, 0.3) is 0 Å². The van der Waals surface area contributed by atoms with Gasteiger partial charge in [0, 0.05) is 0 Å². The molecule has 1 heterocycles. The van der Waals surface area contributed by atoms with Crippen molar-refractivity contribution in [3.8, 4) is 0 Å². The van der Waals surface area contributed by atoms with Gasteiger partial charge in [0.1, 0.15) is 0 Å². The molecule has 1 nitrogen and oxygen atoms in total. The van der Waals surface area contributed by atoms with Gasteiger partial charge in [0.2, 0.25) is 0 Å². The number of fused-ring (bicyclic) bond motifs is 6. The molecular weight excluding hydrogens is 352 g/mol. The van der Waals surface area contributed by atoms with Gasteiger partial charge in [-0.3, -0.25) is 0 Å². The molecule has 0 unspecified atom stereocenters. The van der Waals surface area contributed by atoms with E-state index in [1.165, 1.54) is 70.6 Å². The predicted molar refractivity (Wildman–Crippen MR) is 122 cm³/mol. The normalized spacial score (nSPS) is 54.3. The third-order valence-corrected chi connectivity index (χ3v) is 11.5. The molecule has 0 aromatic rings. The second-order valence-electron chi connectivity index (χ2n) is 13.5. The summed E-state index contributed by atoms with van der Waals surface area (Å²) >= 11 is 0. The maximum Gasteiger partial charge on any atom is 0.0926 e. The van der Waals surface area contributed by atoms with E-state index in [9.17, 15) is 0 Å². The topological polar surface area (TPSA) is 12.5 Å². The van der Waals surface area contributed by atoms with Crippen molar-refractivity contribution >= 4 is 0 Å². The van der Waals surface area contributed by atoms with E-state index < -0.39 is 0 Å². The number of hydrogen-bond acceptors (Lipinski definition) is 1. The highest BCUT2D eigenvalue weighted by atomic mass is 16.6. The summed E-state index contributed by atoms with van der Waals surface area (Å²) in [4.78, 5) is 0. The average Bonchev–Trinajstić information content (AvgIpc) is 3.14. The minimum Gasteiger partial charge on any atom is -0.366 e. The largest absolute Gasteiger partial charge is 0.366 e. The molecule has 5 aliphatic rings. The highest BCUT2D eigenvalue weighted by Gasteiger charge is 2.67. The van der Waals surface area contributed by atoms with Crippen molar-refractivity contribution in [1.29, 1.82) is 0 Å². The Hall–Kier alpha value is -0.0400. The molecule has 0 aromatic heterocycles. The van der Waals surface area contributed by atoms with Crippen LogP contribution in [0.5, 0.6) is 0 Å². The van der Waals surface area contributed by atoms with Crippen LogP contribution in [-0.2, 0) is 4.74 Å². The van der Waals surface area contributed by atoms with Crippen LogP contribution < -0.4 is 0 Å². The molecule has 0 bridgehead atoms. The van der Waals surface area contributed by atoms with Crippen LogP contribution >= 0.6 is 0 Å². The summed E-state index contributed by atoms with van der Waals surface area (Å²) in [6.45, 7) is 15.2. The molecule has 0 aromatic carbocycles. The standard InChI is InChI=1S/C28H48O/c1-18(2)8-7-9-19(3)22-12-13-23-21-11-10-20-16-25-28(6,29-25)17-27(20,5)24(21)14-15-26(22,23)4/h18-25H,7-17H2,1-6H3/t19-,20+,21+,22-,23+,24+,25+,26-,27+,28-/m1/s1. The van der Waals surface area contributed by atoms with Crippen LogP contribution in [0, 0.1) is 52.3 Å². The fourth-order valence-corrected chi connectivity index (χ4v) is 9.98. The van der Waals surface area contributed by atoms with Crippen LogP contribution in [0.15, 0.2) is 0 Å². The second kappa shape index (κ2) is 6.98. The average molecular weight is 401 g/mol. The van der Waals surface area contributed by atoms with Crippen molar-refractivity contribution in [1.82, 2.24) is 0 Å². The highest BCUT2D eigenvalue weighted by molar-refractivity contribution is 5.16. The van der Waals surface area contributed by atoms with Crippen molar-refractivity contribution in [2.45, 2.75) is 124 Å². The molecule has 1 heteroatoms. The molecule has 5 fully saturated rings. The lowest BCUT2D eigenvalue weighted by Gasteiger charge is -2.61. The molecule has 0 spiro atoms. The molecule has 0 N–H and O–H groups in total. The van der Waals surface area contributed by atoms with Gasteiger partial charge >= 0.3 is 0 Å². The Kier molecular flexibility index (Phi) is 5.02. The van der Waals surface area contributed by atoms with Gasteiger partial charge in [-0.1, -0.05) is 53.9 Å². The lowest BCUT2D eigenvalue weighted by molar-refractivity contribution is -0.115. The Morgan fingerprint density at radius 1 is 0.862 bits per heavy atom. The Morgan fingerprint density at radius 2 is 1.62 bits per heavy atom. The summed E-state index contributed by atoms with van der Waals surface area (Å²) in [5, 5.41) is 0. The molecule has 166 valence electrons. The van der Waals surface area contributed by atoms with Gasteiger partial charge in [-0.15, -0.1) is 0 Å². The summed E-state index contributed by atoms with van der Waals surface area (Å²) in [7, 11) is 0. The van der Waals surface area contributed by atoms with Crippen molar-refractivity contribution in [3.05, 3.63) is 0 Å². The first kappa shape index (κ1) is 20.8. The zero-order valence-corrected chi connectivity index (χ0v) is 20.3. The Balaban J connectivity index is 1.31. The molecule has 5 rings (SSSR count). The second-order valence-corrected chi connectivity index (χ2v) is 13.5. The van der Waals surface area contributed by atoms with E-state index in [0.29, 0.717) is 16.9 Å². The fourth-order valence-electron chi connectivity index (χ4n) is 9.98. The van der Waals surface area contributed by atoms with E-state index >= 15 is 0 Å². The smallest absolute Gasteiger partial charge is 0.0926 e. The molecule has 4 saturated carbocycles. The first-order chi connectivity index (χ1) is 13.7. The van der Waals surface area contributed by atoms with Crippen LogP contribution in [0.25, 0.3) is 0 Å². The number of ether oxygens (including phenoxy) is 1. The maximum atomic E-state index is 6.21. The van der Waals surface area contributed by atoms with Gasteiger partial charge in [-0.25, -0.2) is 0 Å². The van der Waals surface area contributed by atoms with Crippen molar-refractivity contribution < 1.29 is 4.74 Å². The fraction of sp³-hybridized carbons (Fsp3) is 1.00. The van der Waals surface area contributed by atoms with Crippen molar-refractivity contribution in [2.75, 3.05) is 0 Å². The Labute approximate surface area is 181 Å². The van der Waals surface area contributed by atoms with Gasteiger partial charge in [-0.2, -0.15) is 0 Å². The van der Waals surface area contributed by atoms with E-state index in [1.54, 1.807) is 0 Å². The van der Waals surface area contributed by atoms with E-state index in [1.807, 2.05) is 0 Å². The summed E-state index contributed by atoms with van der Waals surface area (Å²) in [5.74, 6) is 6.75. The van der Waals surface area contributed by atoms with Crippen molar-refractivity contribution in [2.24, 2.45) is 52.3 Å². The number of rotatable bonds is 5. The lowest BCUT2D eigenvalue weighted by atomic mass is 9.44. The van der Waals surface area contributed by atoms with Crippen molar-refractivity contribution in [3.63, 3.8) is 0 Å². The SMILES string of the molecule is CC(C)CCC[C@@H](C)[C@H]1CC[C@H]2[C@@H]3CC[C@H]4C[C@@H]5O[C@]5(C)C[C@]4(C)[C@H]3CC[C@]12C. The van der Waals surface area contributed by atoms with E-state index in [0.717, 1.165) is 41.4 Å². The number of hydrogen-bond donors (Lipinski definition) is 0. The van der Waals surface area contributed by atoms with E-state index in [4.69, 9.17) is 4.74 Å². The highest BCUT2D eigenvalue weighted by Crippen LogP contribution is 2.71. The minimum atomic E-state index is 0.247. The summed E-state index contributed by atoms with van der Waals surface area (Å²) in [5.41, 5.74) is 1.45. The molecule has 0 amide bonds. The van der Waals surface area contributed by atoms with Crippen LogP contribution in [0.1, 0.15) is 112 Å². The minimum absolute atomic E-state index is 0.247. The zero-order valence-electron chi connectivity index (χ0n) is 20.3. The summed E-state index contributed by atoms with van der Waals surface area (Å²) in [6, 6.07) is 0. The summed E-state index contributed by atoms with van der Waals surface area (Å²) < 4.78 is 6.21. The lowest BCUT2D eigenvalue weighted by Crippen LogP contribution is -2.55. The molecule has 29 heavy (non-hydrogen) atoms. The molecule has 1 aliphatic heterocycles. The third kappa shape index (κ3) is 3.18. The molecule has 1 saturated heterocycles. The molecule has 4 aliphatic carbocycles. The van der Waals surface area contributed by atoms with Crippen LogP contribution in [-0.4, -0.2) is 11.7 Å². The van der Waals surface area contributed by atoms with Crippen LogP contribution in [0.4, 0.5) is 0 Å². The molecule has 10 atom stereocenters. The first-order valence-electron chi connectivity index (χ1n) is 13.4. The van der Waals surface area contributed by atoms with E-state index in [-0.39, 0.29) is 5.60 Å². The van der Waals surface area contributed by atoms with Gasteiger partial charge in [-0.05, 0) is 111 Å². The summed E-state index contributed by atoms with van der Waals surface area (Å²) in [6.07, 6.45) is 16.8. The zero-order chi connectivity index (χ0) is 20.6. The Morgan fingerprint density at radius 3 is 2.38 bits per heavy atom. The van der Waals surface area contributed by atoms with Crippen LogP contribution in [0.3, 0.4) is 0 Å². The van der Waals surface area contributed by atoms with Crippen LogP contribution in [0.2, 0.25) is 0 Å². The van der Waals surface area contributed by atoms with E-state index in [2.05, 4.69) is 41.5 Å². The van der Waals surface area contributed by atoms with Gasteiger partial charge < -0.3 is 4.74 Å². The monoisotopic (exact) mass is 400 g/mol. The first-order valence-corrected chi connectivity index (χ1v) is 13.4. The third-order valence-electron chi connectivity index (χ3n) is 11.5. The molecular formula is C28H48O. The maximum absolute atomic E-state index is 6.21. The van der Waals surface area contributed by atoms with Gasteiger partial charge in [0.05, 0.1) is 11.7 Å². The van der Waals surface area contributed by atoms with Gasteiger partial charge in [0.15, 0.2) is 0 Å². The predicted octanol–water partition coefficient (Wildman–Crippen LogP) is 7.88. The Bertz CT molecular complexity index is 626. The quantitative estimate of drug-likeness (QED) is 0.428. The number of epoxide rings is 1.